The Morgan fingerprint density at radius 1 is 1.18 bits per heavy atom. The van der Waals surface area contributed by atoms with Crippen LogP contribution in [0.3, 0.4) is 0 Å². The zero-order valence-corrected chi connectivity index (χ0v) is 20.2. The number of pyridine rings is 2. The first-order chi connectivity index (χ1) is 16.3. The van der Waals surface area contributed by atoms with Gasteiger partial charge >= 0.3 is 0 Å². The Balaban J connectivity index is 1.54. The smallest absolute Gasteiger partial charge is 0.158 e. The summed E-state index contributed by atoms with van der Waals surface area (Å²) >= 11 is 0. The number of aromatic nitrogens is 8. The van der Waals surface area contributed by atoms with Crippen molar-refractivity contribution in [2.75, 3.05) is 0 Å². The minimum absolute atomic E-state index is 0.262. The number of hydrogen-bond donors (Lipinski definition) is 2. The molecule has 0 amide bonds. The highest BCUT2D eigenvalue weighted by Crippen LogP contribution is 2.37. The van der Waals surface area contributed by atoms with E-state index in [4.69, 9.17) is 4.98 Å². The Kier molecular flexibility index (Phi) is 5.35. The molecule has 0 unspecified atom stereocenters. The van der Waals surface area contributed by atoms with Crippen LogP contribution in [-0.2, 0) is 13.6 Å². The molecule has 0 aliphatic rings. The summed E-state index contributed by atoms with van der Waals surface area (Å²) in [6.07, 6.45) is 5.51. The molecule has 5 aromatic heterocycles. The Morgan fingerprint density at radius 2 is 2.00 bits per heavy atom. The average molecular weight is 457 g/mol. The van der Waals surface area contributed by atoms with Crippen LogP contribution >= 0.6 is 0 Å². The van der Waals surface area contributed by atoms with Gasteiger partial charge in [0.2, 0.25) is 0 Å². The van der Waals surface area contributed by atoms with Crippen LogP contribution < -0.4 is 5.32 Å². The molecule has 5 heterocycles. The summed E-state index contributed by atoms with van der Waals surface area (Å²) in [5.41, 5.74) is 9.28. The van der Waals surface area contributed by atoms with Crippen molar-refractivity contribution in [2.45, 2.75) is 47.1 Å². The zero-order chi connectivity index (χ0) is 24.0. The second kappa shape index (κ2) is 8.36. The lowest BCUT2D eigenvalue weighted by Gasteiger charge is -2.13. The molecule has 174 valence electrons. The van der Waals surface area contributed by atoms with Crippen LogP contribution in [0, 0.1) is 13.8 Å². The van der Waals surface area contributed by atoms with Crippen LogP contribution in [-0.4, -0.2) is 45.4 Å². The van der Waals surface area contributed by atoms with Crippen molar-refractivity contribution in [1.82, 2.24) is 44.9 Å². The van der Waals surface area contributed by atoms with Gasteiger partial charge in [0.25, 0.3) is 0 Å². The van der Waals surface area contributed by atoms with Crippen LogP contribution in [0.15, 0.2) is 35.8 Å². The maximum Gasteiger partial charge on any atom is 0.158 e. The summed E-state index contributed by atoms with van der Waals surface area (Å²) in [5, 5.41) is 15.7. The number of rotatable bonds is 5. The van der Waals surface area contributed by atoms with Gasteiger partial charge in [0.1, 0.15) is 17.9 Å². The molecule has 0 aromatic carbocycles. The van der Waals surface area contributed by atoms with E-state index in [-0.39, 0.29) is 5.92 Å². The molecule has 0 aliphatic heterocycles. The van der Waals surface area contributed by atoms with Gasteiger partial charge in [0.15, 0.2) is 11.5 Å². The Bertz CT molecular complexity index is 1530. The van der Waals surface area contributed by atoms with Gasteiger partial charge in [-0.25, -0.2) is 19.5 Å². The van der Waals surface area contributed by atoms with Crippen molar-refractivity contribution in [1.29, 1.82) is 0 Å². The molecule has 5 aromatic rings. The van der Waals surface area contributed by atoms with Gasteiger partial charge in [-0.15, -0.1) is 5.10 Å². The zero-order valence-electron chi connectivity index (χ0n) is 20.2. The summed E-state index contributed by atoms with van der Waals surface area (Å²) < 4.78 is 3.52. The Hall–Kier alpha value is -4.08. The highest BCUT2D eigenvalue weighted by molar-refractivity contribution is 5.91. The van der Waals surface area contributed by atoms with E-state index >= 15 is 0 Å². The van der Waals surface area contributed by atoms with Gasteiger partial charge in [-0.1, -0.05) is 19.1 Å². The third-order valence-corrected chi connectivity index (χ3v) is 6.10. The first kappa shape index (κ1) is 21.7. The summed E-state index contributed by atoms with van der Waals surface area (Å²) in [6.45, 7) is 11.1. The molecule has 34 heavy (non-hydrogen) atoms. The first-order valence-corrected chi connectivity index (χ1v) is 11.3. The van der Waals surface area contributed by atoms with Crippen LogP contribution in [0.1, 0.15) is 49.1 Å². The molecule has 10 heteroatoms. The van der Waals surface area contributed by atoms with Gasteiger partial charge in [0, 0.05) is 30.6 Å². The molecule has 0 fully saturated rings. The quantitative estimate of drug-likeness (QED) is 0.305. The third kappa shape index (κ3) is 3.81. The topological polar surface area (TPSA) is 114 Å². The van der Waals surface area contributed by atoms with Gasteiger partial charge in [-0.05, 0) is 49.9 Å². The fraction of sp³-hybridized carbons (Fsp3) is 0.333. The van der Waals surface area contributed by atoms with Crippen molar-refractivity contribution in [2.24, 2.45) is 12.0 Å². The van der Waals surface area contributed by atoms with E-state index in [1.165, 1.54) is 11.1 Å². The number of nitrogens with zero attached hydrogens (tertiary/aromatic N) is 8. The lowest BCUT2D eigenvalue weighted by Crippen LogP contribution is -2.19. The molecule has 0 saturated carbocycles. The number of nitrogens with one attached hydrogen (secondary N) is 2. The SMILES string of the molecule is C/C(=N/c1ccc2[nH]c(-c3cn4ncnc4c(C)c3C)c(C(C)C)c2n1)NCc1cn(C)nn1. The van der Waals surface area contributed by atoms with Gasteiger partial charge < -0.3 is 10.3 Å². The summed E-state index contributed by atoms with van der Waals surface area (Å²) in [4.78, 5) is 17.6. The van der Waals surface area contributed by atoms with Crippen molar-refractivity contribution in [3.63, 3.8) is 0 Å². The van der Waals surface area contributed by atoms with E-state index in [0.29, 0.717) is 12.4 Å². The van der Waals surface area contributed by atoms with E-state index in [1.807, 2.05) is 43.0 Å². The van der Waals surface area contributed by atoms with Crippen molar-refractivity contribution in [3.05, 3.63) is 53.2 Å². The molecule has 0 spiro atoms. The number of amidine groups is 1. The third-order valence-electron chi connectivity index (χ3n) is 6.10. The number of aryl methyl sites for hydroxylation is 2. The van der Waals surface area contributed by atoms with Crippen LogP contribution in [0.5, 0.6) is 0 Å². The largest absolute Gasteiger partial charge is 0.368 e. The molecular formula is C24H28N10. The first-order valence-electron chi connectivity index (χ1n) is 11.3. The van der Waals surface area contributed by atoms with E-state index < -0.39 is 0 Å². The van der Waals surface area contributed by atoms with E-state index in [2.05, 4.69) is 63.4 Å². The van der Waals surface area contributed by atoms with Crippen LogP contribution in [0.2, 0.25) is 0 Å². The molecule has 0 bridgehead atoms. The molecule has 2 N–H and O–H groups in total. The normalized spacial score (nSPS) is 12.4. The minimum atomic E-state index is 0.262. The maximum atomic E-state index is 4.92. The highest BCUT2D eigenvalue weighted by Gasteiger charge is 2.21. The van der Waals surface area contributed by atoms with E-state index in [0.717, 1.165) is 45.0 Å². The lowest BCUT2D eigenvalue weighted by molar-refractivity contribution is 0.712. The standard InChI is InChI=1S/C24H28N10/c1-13(2)21-22(18-11-34-24(26-12-27-34)15(4)14(18)3)29-19-7-8-20(30-23(19)21)28-16(5)25-9-17-10-33(6)32-31-17/h7-8,10-13,29H,9H2,1-6H3,(H,25,28,30). The summed E-state index contributed by atoms with van der Waals surface area (Å²) in [5.74, 6) is 1.68. The maximum absolute atomic E-state index is 4.92. The molecule has 0 aliphatic carbocycles. The van der Waals surface area contributed by atoms with E-state index in [1.54, 1.807) is 11.0 Å². The predicted octanol–water partition coefficient (Wildman–Crippen LogP) is 3.98. The minimum Gasteiger partial charge on any atom is -0.368 e. The average Bonchev–Trinajstić information content (AvgIpc) is 3.52. The molecule has 0 saturated heterocycles. The molecule has 5 rings (SSSR count). The van der Waals surface area contributed by atoms with Crippen molar-refractivity contribution >= 4 is 28.3 Å². The monoisotopic (exact) mass is 456 g/mol. The summed E-state index contributed by atoms with van der Waals surface area (Å²) in [6, 6.07) is 3.97. The molecule has 0 radical (unpaired) electrons. The van der Waals surface area contributed by atoms with Gasteiger partial charge in [-0.2, -0.15) is 5.10 Å². The fourth-order valence-corrected chi connectivity index (χ4v) is 4.27. The van der Waals surface area contributed by atoms with E-state index in [9.17, 15) is 0 Å². The number of aliphatic imine (C=N–C) groups is 1. The molecular weight excluding hydrogens is 428 g/mol. The molecule has 10 nitrogen and oxygen atoms in total. The number of H-pyrrole nitrogens is 1. The van der Waals surface area contributed by atoms with Crippen molar-refractivity contribution in [3.8, 4) is 11.3 Å². The van der Waals surface area contributed by atoms with Crippen LogP contribution in [0.25, 0.3) is 27.9 Å². The highest BCUT2D eigenvalue weighted by atomic mass is 15.4. The number of hydrogen-bond acceptors (Lipinski definition) is 6. The van der Waals surface area contributed by atoms with Gasteiger partial charge in [-0.3, -0.25) is 4.68 Å². The second-order valence-corrected chi connectivity index (χ2v) is 8.89. The van der Waals surface area contributed by atoms with Crippen LogP contribution in [0.4, 0.5) is 5.82 Å². The predicted molar refractivity (Wildman–Crippen MR) is 132 cm³/mol. The Morgan fingerprint density at radius 3 is 2.74 bits per heavy atom. The lowest BCUT2D eigenvalue weighted by atomic mass is 9.95. The van der Waals surface area contributed by atoms with Gasteiger partial charge in [0.05, 0.1) is 23.3 Å². The molecule has 0 atom stereocenters. The summed E-state index contributed by atoms with van der Waals surface area (Å²) in [7, 11) is 1.85. The number of aromatic amines is 1. The number of fused-ring (bicyclic) bond motifs is 2. The fourth-order valence-electron chi connectivity index (χ4n) is 4.27. The van der Waals surface area contributed by atoms with Crippen molar-refractivity contribution < 1.29 is 0 Å². The Labute approximate surface area is 197 Å². The second-order valence-electron chi connectivity index (χ2n) is 8.89.